The zero-order valence-corrected chi connectivity index (χ0v) is 11.6. The molecule has 0 amide bonds. The summed E-state index contributed by atoms with van der Waals surface area (Å²) in [4.78, 5) is 11.3. The van der Waals surface area contributed by atoms with Crippen molar-refractivity contribution in [3.05, 3.63) is 35.4 Å². The number of carbonyl (C=O) groups is 1. The minimum Gasteiger partial charge on any atom is -0.465 e. The number of rotatable bonds is 5. The smallest absolute Gasteiger partial charge is 0.337 e. The van der Waals surface area contributed by atoms with Gasteiger partial charge in [0.2, 0.25) is 0 Å². The zero-order valence-electron chi connectivity index (χ0n) is 11.6. The van der Waals surface area contributed by atoms with Crippen LogP contribution in [0.1, 0.15) is 60.5 Å². The Morgan fingerprint density at radius 3 is 2.53 bits per heavy atom. The molecule has 3 heteroatoms. The highest BCUT2D eigenvalue weighted by Gasteiger charge is 2.16. The van der Waals surface area contributed by atoms with Crippen molar-refractivity contribution in [2.75, 3.05) is 7.11 Å². The molecular formula is C16H23NO2. The van der Waals surface area contributed by atoms with Crippen molar-refractivity contribution in [2.24, 2.45) is 11.7 Å². The third-order valence-electron chi connectivity index (χ3n) is 4.12. The van der Waals surface area contributed by atoms with Crippen molar-refractivity contribution in [3.8, 4) is 0 Å². The molecule has 0 bridgehead atoms. The predicted molar refractivity (Wildman–Crippen MR) is 75.9 cm³/mol. The second-order valence-electron chi connectivity index (χ2n) is 5.45. The van der Waals surface area contributed by atoms with Crippen LogP contribution in [0.25, 0.3) is 0 Å². The number of nitrogens with two attached hydrogens (primary N) is 1. The Hall–Kier alpha value is -1.35. The number of ether oxygens (including phenoxy) is 1. The van der Waals surface area contributed by atoms with Gasteiger partial charge in [-0.15, -0.1) is 0 Å². The molecule has 1 saturated carbocycles. The maximum Gasteiger partial charge on any atom is 0.337 e. The molecule has 2 N–H and O–H groups in total. The van der Waals surface area contributed by atoms with E-state index >= 15 is 0 Å². The van der Waals surface area contributed by atoms with Crippen molar-refractivity contribution in [3.63, 3.8) is 0 Å². The molecule has 1 fully saturated rings. The zero-order chi connectivity index (χ0) is 13.7. The van der Waals surface area contributed by atoms with Crippen LogP contribution in [-0.4, -0.2) is 13.1 Å². The van der Waals surface area contributed by atoms with Crippen molar-refractivity contribution >= 4 is 5.97 Å². The maximum atomic E-state index is 11.3. The molecule has 2 rings (SSSR count). The summed E-state index contributed by atoms with van der Waals surface area (Å²) in [5.41, 5.74) is 7.90. The lowest BCUT2D eigenvalue weighted by molar-refractivity contribution is 0.0600. The monoisotopic (exact) mass is 261 g/mol. The first-order valence-electron chi connectivity index (χ1n) is 7.14. The van der Waals surface area contributed by atoms with Crippen LogP contribution in [0.4, 0.5) is 0 Å². The number of benzene rings is 1. The fraction of sp³-hybridized carbons (Fsp3) is 0.562. The summed E-state index contributed by atoms with van der Waals surface area (Å²) in [6.45, 7) is 0. The fourth-order valence-corrected chi connectivity index (χ4v) is 2.87. The number of carbonyl (C=O) groups excluding carboxylic acids is 1. The fourth-order valence-electron chi connectivity index (χ4n) is 2.87. The standard InChI is InChI=1S/C16H23NO2/c1-19-16(18)14-9-7-13(8-10-14)15(17)11-6-12-4-2-3-5-12/h7-10,12,15H,2-6,11,17H2,1H3/t15-/m1/s1. The number of methoxy groups -OCH3 is 1. The van der Waals surface area contributed by atoms with E-state index < -0.39 is 0 Å². The molecule has 1 aliphatic carbocycles. The first kappa shape index (κ1) is 14.1. The average Bonchev–Trinajstić information content (AvgIpc) is 2.97. The van der Waals surface area contributed by atoms with Crippen molar-refractivity contribution in [2.45, 2.75) is 44.6 Å². The third-order valence-corrected chi connectivity index (χ3v) is 4.12. The summed E-state index contributed by atoms with van der Waals surface area (Å²) < 4.78 is 4.68. The van der Waals surface area contributed by atoms with E-state index in [1.807, 2.05) is 12.1 Å². The van der Waals surface area contributed by atoms with Gasteiger partial charge in [-0.2, -0.15) is 0 Å². The molecule has 0 spiro atoms. The Labute approximate surface area is 115 Å². The van der Waals surface area contributed by atoms with Gasteiger partial charge < -0.3 is 10.5 Å². The van der Waals surface area contributed by atoms with Gasteiger partial charge in [0.05, 0.1) is 12.7 Å². The molecule has 0 saturated heterocycles. The lowest BCUT2D eigenvalue weighted by atomic mass is 9.95. The molecule has 1 atom stereocenters. The van der Waals surface area contributed by atoms with Crippen LogP contribution in [-0.2, 0) is 4.74 Å². The van der Waals surface area contributed by atoms with Gasteiger partial charge in [-0.25, -0.2) is 4.79 Å². The minimum absolute atomic E-state index is 0.0762. The molecule has 104 valence electrons. The quantitative estimate of drug-likeness (QED) is 0.826. The van der Waals surface area contributed by atoms with Gasteiger partial charge in [0, 0.05) is 6.04 Å². The Bertz CT molecular complexity index is 407. The Balaban J connectivity index is 1.87. The number of hydrogen-bond acceptors (Lipinski definition) is 3. The molecule has 1 aromatic rings. The van der Waals surface area contributed by atoms with E-state index in [1.54, 1.807) is 12.1 Å². The molecule has 0 aromatic heterocycles. The van der Waals surface area contributed by atoms with Gasteiger partial charge in [-0.05, 0) is 36.5 Å². The topological polar surface area (TPSA) is 52.3 Å². The molecule has 0 heterocycles. The van der Waals surface area contributed by atoms with Gasteiger partial charge in [0.25, 0.3) is 0 Å². The second-order valence-corrected chi connectivity index (χ2v) is 5.45. The molecule has 0 aliphatic heterocycles. The molecule has 3 nitrogen and oxygen atoms in total. The second kappa shape index (κ2) is 6.71. The van der Waals surface area contributed by atoms with Crippen LogP contribution < -0.4 is 5.73 Å². The van der Waals surface area contributed by atoms with E-state index in [0.29, 0.717) is 5.56 Å². The minimum atomic E-state index is -0.300. The highest BCUT2D eigenvalue weighted by atomic mass is 16.5. The van der Waals surface area contributed by atoms with E-state index in [0.717, 1.165) is 17.9 Å². The highest BCUT2D eigenvalue weighted by molar-refractivity contribution is 5.89. The summed E-state index contributed by atoms with van der Waals surface area (Å²) in [5, 5.41) is 0. The van der Waals surface area contributed by atoms with Crippen molar-refractivity contribution in [1.29, 1.82) is 0 Å². The van der Waals surface area contributed by atoms with Gasteiger partial charge in [0.15, 0.2) is 0 Å². The Kier molecular flexibility index (Phi) is 4.97. The summed E-state index contributed by atoms with van der Waals surface area (Å²) in [5.74, 6) is 0.575. The Morgan fingerprint density at radius 1 is 1.32 bits per heavy atom. The first-order valence-corrected chi connectivity index (χ1v) is 7.14. The van der Waals surface area contributed by atoms with E-state index in [9.17, 15) is 4.79 Å². The molecule has 1 aliphatic rings. The normalized spacial score (nSPS) is 17.4. The van der Waals surface area contributed by atoms with Crippen LogP contribution in [0, 0.1) is 5.92 Å². The van der Waals surface area contributed by atoms with Crippen LogP contribution in [0.3, 0.4) is 0 Å². The van der Waals surface area contributed by atoms with Gasteiger partial charge in [-0.1, -0.05) is 37.8 Å². The lowest BCUT2D eigenvalue weighted by Crippen LogP contribution is -2.12. The van der Waals surface area contributed by atoms with Crippen molar-refractivity contribution < 1.29 is 9.53 Å². The van der Waals surface area contributed by atoms with Crippen LogP contribution in [0.15, 0.2) is 24.3 Å². The molecule has 0 radical (unpaired) electrons. The van der Waals surface area contributed by atoms with E-state index in [-0.39, 0.29) is 12.0 Å². The van der Waals surface area contributed by atoms with Crippen LogP contribution in [0.5, 0.6) is 0 Å². The molecular weight excluding hydrogens is 238 g/mol. The predicted octanol–water partition coefficient (Wildman–Crippen LogP) is 3.44. The summed E-state index contributed by atoms with van der Waals surface area (Å²) in [6, 6.07) is 7.52. The van der Waals surface area contributed by atoms with E-state index in [2.05, 4.69) is 4.74 Å². The van der Waals surface area contributed by atoms with Gasteiger partial charge in [-0.3, -0.25) is 0 Å². The van der Waals surface area contributed by atoms with Gasteiger partial charge >= 0.3 is 5.97 Å². The highest BCUT2D eigenvalue weighted by Crippen LogP contribution is 2.30. The Morgan fingerprint density at radius 2 is 1.95 bits per heavy atom. The SMILES string of the molecule is COC(=O)c1ccc([C@H](N)CCC2CCCC2)cc1. The number of esters is 1. The first-order chi connectivity index (χ1) is 9.20. The van der Waals surface area contributed by atoms with E-state index in [1.165, 1.54) is 39.2 Å². The van der Waals surface area contributed by atoms with Crippen LogP contribution in [0.2, 0.25) is 0 Å². The molecule has 19 heavy (non-hydrogen) atoms. The average molecular weight is 261 g/mol. The maximum absolute atomic E-state index is 11.3. The van der Waals surface area contributed by atoms with Crippen molar-refractivity contribution in [1.82, 2.24) is 0 Å². The molecule has 0 unspecified atom stereocenters. The molecule has 1 aromatic carbocycles. The van der Waals surface area contributed by atoms with E-state index in [4.69, 9.17) is 5.73 Å². The van der Waals surface area contributed by atoms with Gasteiger partial charge in [0.1, 0.15) is 0 Å². The summed E-state index contributed by atoms with van der Waals surface area (Å²) >= 11 is 0. The third kappa shape index (κ3) is 3.80. The lowest BCUT2D eigenvalue weighted by Gasteiger charge is -2.15. The number of hydrogen-bond donors (Lipinski definition) is 1. The van der Waals surface area contributed by atoms with Crippen LogP contribution >= 0.6 is 0 Å². The largest absolute Gasteiger partial charge is 0.465 e. The summed E-state index contributed by atoms with van der Waals surface area (Å²) in [6.07, 6.45) is 7.76. The summed E-state index contributed by atoms with van der Waals surface area (Å²) in [7, 11) is 1.39.